The van der Waals surface area contributed by atoms with Gasteiger partial charge in [-0.3, -0.25) is 4.90 Å². The number of piperidine rings is 1. The second-order valence-corrected chi connectivity index (χ2v) is 7.38. The number of rotatable bonds is 4. The molecular weight excluding hydrogens is 336 g/mol. The molecule has 130 valence electrons. The Morgan fingerprint density at radius 1 is 1.32 bits per heavy atom. The van der Waals surface area contributed by atoms with Gasteiger partial charge in [-0.25, -0.2) is 9.78 Å². The first-order valence-corrected chi connectivity index (χ1v) is 9.29. The van der Waals surface area contributed by atoms with Crippen LogP contribution >= 0.6 is 11.3 Å². The lowest BCUT2D eigenvalue weighted by Gasteiger charge is -2.30. The molecule has 0 atom stereocenters. The second-order valence-electron chi connectivity index (χ2n) is 6.32. The second kappa shape index (κ2) is 6.98. The molecule has 0 bridgehead atoms. The largest absolute Gasteiger partial charge is 0.467 e. The molecule has 1 aromatic carbocycles. The van der Waals surface area contributed by atoms with Gasteiger partial charge in [-0.2, -0.15) is 0 Å². The summed E-state index contributed by atoms with van der Waals surface area (Å²) in [6, 6.07) is 9.99. The van der Waals surface area contributed by atoms with Crippen LogP contribution in [-0.4, -0.2) is 36.1 Å². The third kappa shape index (κ3) is 3.32. The highest BCUT2D eigenvalue weighted by atomic mass is 32.1. The molecule has 0 aliphatic carbocycles. The molecule has 5 nitrogen and oxygen atoms in total. The zero-order valence-electron chi connectivity index (χ0n) is 14.1. The number of para-hydroxylation sites is 1. The fourth-order valence-electron chi connectivity index (χ4n) is 3.36. The molecule has 0 spiro atoms. The maximum Gasteiger partial charge on any atom is 0.341 e. The number of hydrogen-bond donors (Lipinski definition) is 0. The summed E-state index contributed by atoms with van der Waals surface area (Å²) >= 11 is 1.81. The zero-order chi connectivity index (χ0) is 17.2. The van der Waals surface area contributed by atoms with E-state index in [1.807, 2.05) is 17.4 Å². The Hall–Kier alpha value is -2.18. The summed E-state index contributed by atoms with van der Waals surface area (Å²) in [6.45, 7) is 2.59. The predicted octanol–water partition coefficient (Wildman–Crippen LogP) is 4.06. The lowest BCUT2D eigenvalue weighted by Crippen LogP contribution is -2.32. The van der Waals surface area contributed by atoms with Crippen molar-refractivity contribution < 1.29 is 13.9 Å². The molecule has 1 aliphatic heterocycles. The van der Waals surface area contributed by atoms with Crippen molar-refractivity contribution in [2.45, 2.75) is 25.3 Å². The van der Waals surface area contributed by atoms with Crippen LogP contribution in [0.4, 0.5) is 0 Å². The fraction of sp³-hybridized carbons (Fsp3) is 0.368. The first-order valence-electron chi connectivity index (χ1n) is 8.47. The molecule has 0 saturated carbocycles. The topological polar surface area (TPSA) is 55.6 Å². The Labute approximate surface area is 150 Å². The van der Waals surface area contributed by atoms with Crippen LogP contribution in [0.5, 0.6) is 0 Å². The minimum atomic E-state index is -0.340. The van der Waals surface area contributed by atoms with Gasteiger partial charge < -0.3 is 9.15 Å². The molecule has 4 rings (SSSR count). The molecular formula is C19H20N2O3S. The van der Waals surface area contributed by atoms with E-state index in [0.717, 1.165) is 31.4 Å². The minimum absolute atomic E-state index is 0.340. The number of esters is 1. The third-order valence-electron chi connectivity index (χ3n) is 4.77. The standard InChI is InChI=1S/C19H20N2O3S/c1-23-19(22)14-8-11-24-16(14)12-21-9-6-13(7-10-21)18-20-15-4-2-3-5-17(15)25-18/h2-5,8,11,13H,6-7,9-10,12H2,1H3. The average Bonchev–Trinajstić information content (AvgIpc) is 3.28. The summed E-state index contributed by atoms with van der Waals surface area (Å²) in [7, 11) is 1.39. The number of ether oxygens (including phenoxy) is 1. The van der Waals surface area contributed by atoms with Crippen LogP contribution in [0.3, 0.4) is 0 Å². The molecule has 1 aliphatic rings. The van der Waals surface area contributed by atoms with Crippen molar-refractivity contribution in [2.75, 3.05) is 20.2 Å². The summed E-state index contributed by atoms with van der Waals surface area (Å²) < 4.78 is 11.6. The van der Waals surface area contributed by atoms with E-state index in [2.05, 4.69) is 23.1 Å². The van der Waals surface area contributed by atoms with Gasteiger partial charge in [-0.15, -0.1) is 11.3 Å². The van der Waals surface area contributed by atoms with Crippen LogP contribution in [0, 0.1) is 0 Å². The quantitative estimate of drug-likeness (QED) is 0.660. The van der Waals surface area contributed by atoms with E-state index < -0.39 is 0 Å². The van der Waals surface area contributed by atoms with Crippen molar-refractivity contribution in [3.63, 3.8) is 0 Å². The maximum atomic E-state index is 11.8. The molecule has 3 aromatic rings. The Balaban J connectivity index is 1.40. The highest BCUT2D eigenvalue weighted by Crippen LogP contribution is 2.34. The van der Waals surface area contributed by atoms with Crippen LogP contribution in [0.2, 0.25) is 0 Å². The normalized spacial score (nSPS) is 16.4. The highest BCUT2D eigenvalue weighted by molar-refractivity contribution is 7.18. The van der Waals surface area contributed by atoms with Crippen molar-refractivity contribution >= 4 is 27.5 Å². The van der Waals surface area contributed by atoms with Crippen LogP contribution in [0.25, 0.3) is 10.2 Å². The van der Waals surface area contributed by atoms with Crippen molar-refractivity contribution in [1.82, 2.24) is 9.88 Å². The number of carbonyl (C=O) groups is 1. The maximum absolute atomic E-state index is 11.8. The van der Waals surface area contributed by atoms with Gasteiger partial charge in [0.2, 0.25) is 0 Å². The average molecular weight is 356 g/mol. The minimum Gasteiger partial charge on any atom is -0.467 e. The van der Waals surface area contributed by atoms with Crippen LogP contribution in [0.1, 0.15) is 39.9 Å². The molecule has 2 aromatic heterocycles. The van der Waals surface area contributed by atoms with Crippen molar-refractivity contribution in [3.8, 4) is 0 Å². The first kappa shape index (κ1) is 16.3. The van der Waals surface area contributed by atoms with E-state index in [1.54, 1.807) is 12.3 Å². The lowest BCUT2D eigenvalue weighted by molar-refractivity contribution is 0.0595. The van der Waals surface area contributed by atoms with Gasteiger partial charge in [0.25, 0.3) is 0 Å². The van der Waals surface area contributed by atoms with Crippen molar-refractivity contribution in [2.24, 2.45) is 0 Å². The zero-order valence-corrected chi connectivity index (χ0v) is 14.9. The van der Waals surface area contributed by atoms with Crippen LogP contribution in [-0.2, 0) is 11.3 Å². The Morgan fingerprint density at radius 3 is 2.88 bits per heavy atom. The number of carbonyl (C=O) groups excluding carboxylic acids is 1. The summed E-state index contributed by atoms with van der Waals surface area (Å²) in [4.78, 5) is 18.9. The van der Waals surface area contributed by atoms with Gasteiger partial charge in [0.15, 0.2) is 0 Å². The molecule has 1 saturated heterocycles. The van der Waals surface area contributed by atoms with E-state index in [0.29, 0.717) is 23.8 Å². The number of aromatic nitrogens is 1. The number of hydrogen-bond acceptors (Lipinski definition) is 6. The smallest absolute Gasteiger partial charge is 0.341 e. The number of benzene rings is 1. The molecule has 3 heterocycles. The molecule has 25 heavy (non-hydrogen) atoms. The van der Waals surface area contributed by atoms with E-state index in [4.69, 9.17) is 14.1 Å². The summed E-state index contributed by atoms with van der Waals surface area (Å²) in [5.41, 5.74) is 1.62. The molecule has 6 heteroatoms. The van der Waals surface area contributed by atoms with Gasteiger partial charge in [0.05, 0.1) is 35.1 Å². The molecule has 0 unspecified atom stereocenters. The van der Waals surface area contributed by atoms with E-state index in [9.17, 15) is 4.79 Å². The summed E-state index contributed by atoms with van der Waals surface area (Å²) in [5.74, 6) is 0.865. The number of nitrogens with zero attached hydrogens (tertiary/aromatic N) is 2. The number of likely N-dealkylation sites (tertiary alicyclic amines) is 1. The van der Waals surface area contributed by atoms with E-state index in [1.165, 1.54) is 16.8 Å². The number of fused-ring (bicyclic) bond motifs is 1. The third-order valence-corrected chi connectivity index (χ3v) is 5.96. The number of furan rings is 1. The molecule has 0 radical (unpaired) electrons. The SMILES string of the molecule is COC(=O)c1ccoc1CN1CCC(c2nc3ccccc3s2)CC1. The predicted molar refractivity (Wildman–Crippen MR) is 96.9 cm³/mol. The van der Waals surface area contributed by atoms with Gasteiger partial charge in [0.1, 0.15) is 11.3 Å². The summed E-state index contributed by atoms with van der Waals surface area (Å²) in [5, 5.41) is 1.24. The summed E-state index contributed by atoms with van der Waals surface area (Å²) in [6.07, 6.45) is 3.71. The Kier molecular flexibility index (Phi) is 4.55. The Bertz CT molecular complexity index is 845. The van der Waals surface area contributed by atoms with Crippen LogP contribution < -0.4 is 0 Å². The van der Waals surface area contributed by atoms with Gasteiger partial charge in [-0.1, -0.05) is 12.1 Å². The monoisotopic (exact) mass is 356 g/mol. The van der Waals surface area contributed by atoms with Crippen molar-refractivity contribution in [1.29, 1.82) is 0 Å². The van der Waals surface area contributed by atoms with E-state index >= 15 is 0 Å². The van der Waals surface area contributed by atoms with Gasteiger partial charge in [0, 0.05) is 5.92 Å². The molecule has 0 amide bonds. The number of methoxy groups -OCH3 is 1. The first-order chi connectivity index (χ1) is 12.2. The molecule has 0 N–H and O–H groups in total. The van der Waals surface area contributed by atoms with Crippen LogP contribution in [0.15, 0.2) is 41.0 Å². The van der Waals surface area contributed by atoms with Gasteiger partial charge in [-0.05, 0) is 44.1 Å². The lowest BCUT2D eigenvalue weighted by atomic mass is 9.97. The highest BCUT2D eigenvalue weighted by Gasteiger charge is 2.25. The Morgan fingerprint density at radius 2 is 2.12 bits per heavy atom. The van der Waals surface area contributed by atoms with Gasteiger partial charge >= 0.3 is 5.97 Å². The molecule has 1 fully saturated rings. The van der Waals surface area contributed by atoms with Crippen molar-refractivity contribution in [3.05, 3.63) is 52.9 Å². The fourth-order valence-corrected chi connectivity index (χ4v) is 4.50. The number of thiazole rings is 1. The van der Waals surface area contributed by atoms with E-state index in [-0.39, 0.29) is 5.97 Å².